The molecule has 1 saturated heterocycles. The van der Waals surface area contributed by atoms with Gasteiger partial charge in [0.25, 0.3) is 0 Å². The summed E-state index contributed by atoms with van der Waals surface area (Å²) >= 11 is 0. The SMILES string of the molecule is CC(C)NCC[N+]1(C)CCOC(=O)C1. The summed E-state index contributed by atoms with van der Waals surface area (Å²) in [4.78, 5) is 11.1. The highest BCUT2D eigenvalue weighted by atomic mass is 16.5. The molecule has 0 radical (unpaired) electrons. The number of ether oxygens (including phenoxy) is 1. The molecule has 0 aromatic carbocycles. The summed E-state index contributed by atoms with van der Waals surface area (Å²) in [6.45, 7) is 8.23. The smallest absolute Gasteiger partial charge is 0.361 e. The minimum absolute atomic E-state index is 0.0664. The van der Waals surface area contributed by atoms with Crippen molar-refractivity contribution in [3.63, 3.8) is 0 Å². The van der Waals surface area contributed by atoms with Gasteiger partial charge in [0.05, 0.1) is 13.6 Å². The molecule has 1 aliphatic rings. The lowest BCUT2D eigenvalue weighted by Gasteiger charge is -2.36. The Balaban J connectivity index is 2.30. The van der Waals surface area contributed by atoms with Crippen molar-refractivity contribution in [1.29, 1.82) is 0 Å². The zero-order valence-corrected chi connectivity index (χ0v) is 9.38. The largest absolute Gasteiger partial charge is 0.456 e. The lowest BCUT2D eigenvalue weighted by Crippen LogP contribution is -2.56. The van der Waals surface area contributed by atoms with Gasteiger partial charge in [-0.2, -0.15) is 0 Å². The number of esters is 1. The molecule has 1 rings (SSSR count). The standard InChI is InChI=1S/C10H21N2O2/c1-9(2)11-4-5-12(3)6-7-14-10(13)8-12/h9,11H,4-8H2,1-3H3/q+1. The second-order valence-electron chi connectivity index (χ2n) is 4.55. The van der Waals surface area contributed by atoms with Gasteiger partial charge >= 0.3 is 5.97 Å². The molecule has 14 heavy (non-hydrogen) atoms. The Morgan fingerprint density at radius 1 is 1.57 bits per heavy atom. The second kappa shape index (κ2) is 4.75. The maximum Gasteiger partial charge on any atom is 0.361 e. The second-order valence-corrected chi connectivity index (χ2v) is 4.55. The molecule has 4 nitrogen and oxygen atoms in total. The Morgan fingerprint density at radius 3 is 2.86 bits per heavy atom. The molecular weight excluding hydrogens is 180 g/mol. The fourth-order valence-corrected chi connectivity index (χ4v) is 1.63. The van der Waals surface area contributed by atoms with E-state index in [1.165, 1.54) is 0 Å². The van der Waals surface area contributed by atoms with E-state index in [2.05, 4.69) is 26.2 Å². The van der Waals surface area contributed by atoms with E-state index in [1.807, 2.05) is 0 Å². The number of cyclic esters (lactones) is 1. The van der Waals surface area contributed by atoms with Gasteiger partial charge in [0.1, 0.15) is 13.2 Å². The molecule has 0 spiro atoms. The summed E-state index contributed by atoms with van der Waals surface area (Å²) < 4.78 is 5.73. The van der Waals surface area contributed by atoms with Crippen LogP contribution in [-0.2, 0) is 9.53 Å². The normalized spacial score (nSPS) is 27.9. The minimum Gasteiger partial charge on any atom is -0.456 e. The maximum atomic E-state index is 11.1. The van der Waals surface area contributed by atoms with Crippen LogP contribution in [0.5, 0.6) is 0 Å². The van der Waals surface area contributed by atoms with E-state index >= 15 is 0 Å². The van der Waals surface area contributed by atoms with Gasteiger partial charge in [-0.25, -0.2) is 4.79 Å². The topological polar surface area (TPSA) is 38.3 Å². The minimum atomic E-state index is -0.0664. The molecule has 1 N–H and O–H groups in total. The third kappa shape index (κ3) is 3.64. The monoisotopic (exact) mass is 201 g/mol. The third-order valence-corrected chi connectivity index (χ3v) is 2.61. The molecule has 1 aliphatic heterocycles. The Hall–Kier alpha value is -0.610. The summed E-state index contributed by atoms with van der Waals surface area (Å²) in [6.07, 6.45) is 0. The molecule has 0 aromatic rings. The first kappa shape index (κ1) is 11.5. The van der Waals surface area contributed by atoms with E-state index in [1.54, 1.807) is 0 Å². The van der Waals surface area contributed by atoms with Gasteiger partial charge in [-0.15, -0.1) is 0 Å². The predicted molar refractivity (Wildman–Crippen MR) is 54.9 cm³/mol. The maximum absolute atomic E-state index is 11.1. The van der Waals surface area contributed by atoms with Crippen LogP contribution in [0.25, 0.3) is 0 Å². The summed E-state index contributed by atoms with van der Waals surface area (Å²) in [6, 6.07) is 0.512. The number of rotatable bonds is 4. The fourth-order valence-electron chi connectivity index (χ4n) is 1.63. The molecule has 0 aromatic heterocycles. The molecular formula is C10H21N2O2+. The molecule has 82 valence electrons. The molecule has 1 heterocycles. The van der Waals surface area contributed by atoms with Crippen LogP contribution < -0.4 is 5.32 Å². The number of quaternary nitrogens is 1. The Labute approximate surface area is 85.8 Å². The van der Waals surface area contributed by atoms with Crippen LogP contribution in [0.3, 0.4) is 0 Å². The summed E-state index contributed by atoms with van der Waals surface area (Å²) in [5, 5.41) is 3.37. The van der Waals surface area contributed by atoms with Gasteiger partial charge in [-0.1, -0.05) is 13.8 Å². The zero-order valence-electron chi connectivity index (χ0n) is 9.38. The van der Waals surface area contributed by atoms with Crippen molar-refractivity contribution in [1.82, 2.24) is 5.32 Å². The van der Waals surface area contributed by atoms with Crippen LogP contribution in [-0.4, -0.2) is 56.3 Å². The van der Waals surface area contributed by atoms with Gasteiger partial charge in [0, 0.05) is 12.6 Å². The van der Waals surface area contributed by atoms with Crippen LogP contribution in [0.4, 0.5) is 0 Å². The lowest BCUT2D eigenvalue weighted by molar-refractivity contribution is -0.905. The third-order valence-electron chi connectivity index (χ3n) is 2.61. The number of hydrogen-bond acceptors (Lipinski definition) is 3. The highest BCUT2D eigenvalue weighted by molar-refractivity contribution is 5.71. The predicted octanol–water partition coefficient (Wildman–Crippen LogP) is -0.0122. The lowest BCUT2D eigenvalue weighted by atomic mass is 10.3. The van der Waals surface area contributed by atoms with Crippen LogP contribution in [0.15, 0.2) is 0 Å². The molecule has 1 atom stereocenters. The first-order valence-corrected chi connectivity index (χ1v) is 5.24. The summed E-state index contributed by atoms with van der Waals surface area (Å²) in [5.41, 5.74) is 0. The number of morpholine rings is 1. The average Bonchev–Trinajstić information content (AvgIpc) is 2.01. The molecule has 1 fully saturated rings. The van der Waals surface area contributed by atoms with E-state index in [0.717, 1.165) is 24.1 Å². The first-order chi connectivity index (χ1) is 6.52. The number of nitrogens with zero attached hydrogens (tertiary/aromatic N) is 1. The van der Waals surface area contributed by atoms with Crippen LogP contribution in [0, 0.1) is 0 Å². The van der Waals surface area contributed by atoms with Crippen LogP contribution in [0.1, 0.15) is 13.8 Å². The highest BCUT2D eigenvalue weighted by Gasteiger charge is 2.30. The van der Waals surface area contributed by atoms with Crippen molar-refractivity contribution in [3.8, 4) is 0 Å². The van der Waals surface area contributed by atoms with E-state index in [0.29, 0.717) is 19.2 Å². The van der Waals surface area contributed by atoms with Crippen molar-refractivity contribution < 1.29 is 14.0 Å². The van der Waals surface area contributed by atoms with Crippen LogP contribution in [0.2, 0.25) is 0 Å². The zero-order chi connectivity index (χ0) is 10.6. The molecule has 0 aliphatic carbocycles. The van der Waals surface area contributed by atoms with E-state index in [9.17, 15) is 4.79 Å². The fraction of sp³-hybridized carbons (Fsp3) is 0.900. The quantitative estimate of drug-likeness (QED) is 0.513. The van der Waals surface area contributed by atoms with Gasteiger partial charge < -0.3 is 14.5 Å². The van der Waals surface area contributed by atoms with E-state index < -0.39 is 0 Å². The van der Waals surface area contributed by atoms with Gasteiger partial charge in [-0.3, -0.25) is 0 Å². The number of carbonyl (C=O) groups is 1. The summed E-state index contributed by atoms with van der Waals surface area (Å²) in [5.74, 6) is -0.0664. The van der Waals surface area contributed by atoms with Crippen molar-refractivity contribution >= 4 is 5.97 Å². The van der Waals surface area contributed by atoms with Crippen molar-refractivity contribution in [2.75, 3.05) is 39.8 Å². The van der Waals surface area contributed by atoms with Crippen molar-refractivity contribution in [2.45, 2.75) is 19.9 Å². The average molecular weight is 201 g/mol. The Bertz CT molecular complexity index is 206. The highest BCUT2D eigenvalue weighted by Crippen LogP contribution is 2.07. The Kier molecular flexibility index (Phi) is 3.89. The van der Waals surface area contributed by atoms with E-state index in [4.69, 9.17) is 4.74 Å². The first-order valence-electron chi connectivity index (χ1n) is 5.24. The number of likely N-dealkylation sites (N-methyl/N-ethyl adjacent to an activating group) is 1. The number of nitrogens with one attached hydrogen (secondary N) is 1. The molecule has 0 bridgehead atoms. The number of carbonyl (C=O) groups excluding carboxylic acids is 1. The van der Waals surface area contributed by atoms with Crippen LogP contribution >= 0.6 is 0 Å². The molecule has 0 amide bonds. The van der Waals surface area contributed by atoms with Gasteiger partial charge in [-0.05, 0) is 0 Å². The van der Waals surface area contributed by atoms with Gasteiger partial charge in [0.15, 0.2) is 6.54 Å². The van der Waals surface area contributed by atoms with Gasteiger partial charge in [0.2, 0.25) is 0 Å². The molecule has 1 unspecified atom stereocenters. The number of hydrogen-bond donors (Lipinski definition) is 1. The van der Waals surface area contributed by atoms with E-state index in [-0.39, 0.29) is 5.97 Å². The molecule has 0 saturated carbocycles. The van der Waals surface area contributed by atoms with Crippen molar-refractivity contribution in [2.24, 2.45) is 0 Å². The molecule has 4 heteroatoms. The Morgan fingerprint density at radius 2 is 2.29 bits per heavy atom. The van der Waals surface area contributed by atoms with Crippen molar-refractivity contribution in [3.05, 3.63) is 0 Å². The summed E-state index contributed by atoms with van der Waals surface area (Å²) in [7, 11) is 2.11.